The summed E-state index contributed by atoms with van der Waals surface area (Å²) >= 11 is 0. The molecule has 0 spiro atoms. The van der Waals surface area contributed by atoms with Crippen LogP contribution >= 0.6 is 0 Å². The van der Waals surface area contributed by atoms with Gasteiger partial charge in [-0.1, -0.05) is 6.58 Å². The van der Waals surface area contributed by atoms with Crippen LogP contribution in [0.2, 0.25) is 0 Å². The van der Waals surface area contributed by atoms with Gasteiger partial charge in [-0.05, 0) is 13.0 Å². The molecule has 0 atom stereocenters. The number of hydrogen-bond donors (Lipinski definition) is 3. The Hall–Kier alpha value is -1.82. The predicted molar refractivity (Wildman–Crippen MR) is 46.1 cm³/mol. The second-order valence-corrected chi connectivity index (χ2v) is 1.82. The van der Waals surface area contributed by atoms with Gasteiger partial charge in [0, 0.05) is 0 Å². The van der Waals surface area contributed by atoms with Crippen LogP contribution in [-0.2, 0) is 14.4 Å². The maximum absolute atomic E-state index is 10.2. The fraction of sp³-hybridized carbons (Fsp3) is 0.143. The summed E-state index contributed by atoms with van der Waals surface area (Å²) < 4.78 is 0. The van der Waals surface area contributed by atoms with Gasteiger partial charge in [-0.2, -0.15) is 5.90 Å². The van der Waals surface area contributed by atoms with Crippen LogP contribution in [0.5, 0.6) is 0 Å². The van der Waals surface area contributed by atoms with Crippen LogP contribution in [0, 0.1) is 0 Å². The van der Waals surface area contributed by atoms with Crippen molar-refractivity contribution in [2.75, 3.05) is 0 Å². The largest absolute Gasteiger partial charge is 0.515 e. The van der Waals surface area contributed by atoms with Crippen molar-refractivity contribution < 1.29 is 19.5 Å². The van der Waals surface area contributed by atoms with Crippen LogP contribution < -0.4 is 11.6 Å². The maximum Gasteiger partial charge on any atom is 0.355 e. The Bertz CT molecular complexity index is 223. The van der Waals surface area contributed by atoms with E-state index in [0.717, 1.165) is 6.08 Å². The van der Waals surface area contributed by atoms with E-state index in [-0.39, 0.29) is 5.57 Å². The Labute approximate surface area is 75.4 Å². The molecule has 0 rings (SSSR count). The average Bonchev–Trinajstić information content (AvgIpc) is 2.16. The molecule has 0 saturated carbocycles. The molecule has 1 amide bonds. The van der Waals surface area contributed by atoms with Gasteiger partial charge in [0.2, 0.25) is 5.91 Å². The van der Waals surface area contributed by atoms with Gasteiger partial charge in [-0.25, -0.2) is 4.79 Å². The van der Waals surface area contributed by atoms with Gasteiger partial charge < -0.3 is 15.7 Å². The first-order chi connectivity index (χ1) is 5.99. The lowest BCUT2D eigenvalue weighted by atomic mass is 10.4. The van der Waals surface area contributed by atoms with Crippen LogP contribution in [0.4, 0.5) is 0 Å². The molecule has 0 aliphatic rings. The van der Waals surface area contributed by atoms with Crippen LogP contribution in [0.25, 0.3) is 0 Å². The molecule has 0 bridgehead atoms. The predicted octanol–water partition coefficient (Wildman–Crippen LogP) is -0.477. The van der Waals surface area contributed by atoms with Crippen molar-refractivity contribution in [2.24, 2.45) is 11.6 Å². The van der Waals surface area contributed by atoms with Crippen molar-refractivity contribution >= 4 is 11.9 Å². The number of nitrogens with two attached hydrogens (primary N) is 2. The summed E-state index contributed by atoms with van der Waals surface area (Å²) in [6.45, 7) is 4.47. The third-order valence-corrected chi connectivity index (χ3v) is 0.824. The van der Waals surface area contributed by atoms with E-state index in [1.165, 1.54) is 6.92 Å². The number of aliphatic hydroxyl groups excluding tert-OH is 1. The highest BCUT2D eigenvalue weighted by Crippen LogP contribution is 1.89. The molecule has 0 fully saturated rings. The summed E-state index contributed by atoms with van der Waals surface area (Å²) in [5.74, 6) is 3.24. The molecule has 0 unspecified atom stereocenters. The number of amides is 1. The molecule has 0 aromatic heterocycles. The van der Waals surface area contributed by atoms with E-state index in [1.54, 1.807) is 0 Å². The first-order valence-corrected chi connectivity index (χ1v) is 3.13. The number of rotatable bonds is 2. The number of carbonyl (C=O) groups excluding carboxylic acids is 2. The SMILES string of the molecule is C=CC(N)=O.CC(=CO)C(=O)ON. The number of hydrogen-bond acceptors (Lipinski definition) is 5. The van der Waals surface area contributed by atoms with E-state index >= 15 is 0 Å². The maximum atomic E-state index is 10.2. The molecule has 0 aliphatic heterocycles. The van der Waals surface area contributed by atoms with Crippen LogP contribution in [-0.4, -0.2) is 17.0 Å². The van der Waals surface area contributed by atoms with Crippen molar-refractivity contribution in [1.29, 1.82) is 0 Å². The van der Waals surface area contributed by atoms with Gasteiger partial charge in [-0.15, -0.1) is 0 Å². The minimum atomic E-state index is -0.729. The van der Waals surface area contributed by atoms with Gasteiger partial charge in [0.05, 0.1) is 11.8 Å². The second-order valence-electron chi connectivity index (χ2n) is 1.82. The fourth-order valence-electron chi connectivity index (χ4n) is 0.146. The first-order valence-electron chi connectivity index (χ1n) is 3.13. The second kappa shape index (κ2) is 8.28. The molecule has 0 saturated heterocycles. The number of carbonyl (C=O) groups is 2. The van der Waals surface area contributed by atoms with E-state index in [4.69, 9.17) is 5.11 Å². The summed E-state index contributed by atoms with van der Waals surface area (Å²) in [7, 11) is 0. The lowest BCUT2D eigenvalue weighted by molar-refractivity contribution is -0.139. The Morgan fingerprint density at radius 2 is 1.92 bits per heavy atom. The standard InChI is InChI=1S/C4H7NO3.C3H5NO/c1-3(2-6)4(7)8-5;1-2-3(4)5/h2,6H,5H2,1H3;2H,1H2,(H2,4,5). The summed E-state index contributed by atoms with van der Waals surface area (Å²) in [4.78, 5) is 23.4. The molecule has 6 heteroatoms. The van der Waals surface area contributed by atoms with Crippen molar-refractivity contribution in [1.82, 2.24) is 0 Å². The molecule has 0 aromatic rings. The third kappa shape index (κ3) is 10.2. The van der Waals surface area contributed by atoms with E-state index < -0.39 is 11.9 Å². The molecule has 6 nitrogen and oxygen atoms in total. The molecule has 74 valence electrons. The number of aliphatic hydroxyl groups is 1. The van der Waals surface area contributed by atoms with Gasteiger partial charge in [0.25, 0.3) is 0 Å². The number of primary amides is 1. The highest BCUT2D eigenvalue weighted by Gasteiger charge is 2.01. The zero-order chi connectivity index (χ0) is 10.9. The summed E-state index contributed by atoms with van der Waals surface area (Å²) in [5, 5.41) is 8.12. The van der Waals surface area contributed by atoms with E-state index in [0.29, 0.717) is 6.26 Å². The molecule has 5 N–H and O–H groups in total. The lowest BCUT2D eigenvalue weighted by Gasteiger charge is -1.91. The zero-order valence-corrected chi connectivity index (χ0v) is 7.19. The Morgan fingerprint density at radius 1 is 1.54 bits per heavy atom. The molecule has 0 heterocycles. The Morgan fingerprint density at radius 3 is 2.00 bits per heavy atom. The molecular formula is C7H12N2O4. The fourth-order valence-corrected chi connectivity index (χ4v) is 0.146. The topological polar surface area (TPSA) is 116 Å². The van der Waals surface area contributed by atoms with Crippen molar-refractivity contribution in [2.45, 2.75) is 6.92 Å². The van der Waals surface area contributed by atoms with Crippen molar-refractivity contribution in [3.8, 4) is 0 Å². The normalized spacial score (nSPS) is 9.23. The van der Waals surface area contributed by atoms with Gasteiger partial charge in [0.15, 0.2) is 0 Å². The first kappa shape index (κ1) is 13.7. The van der Waals surface area contributed by atoms with Gasteiger partial charge >= 0.3 is 5.97 Å². The van der Waals surface area contributed by atoms with Crippen LogP contribution in [0.3, 0.4) is 0 Å². The van der Waals surface area contributed by atoms with Crippen LogP contribution in [0.15, 0.2) is 24.5 Å². The quantitative estimate of drug-likeness (QED) is 0.307. The Kier molecular flexibility index (Phi) is 8.75. The lowest BCUT2D eigenvalue weighted by Crippen LogP contribution is -2.10. The van der Waals surface area contributed by atoms with E-state index in [9.17, 15) is 9.59 Å². The van der Waals surface area contributed by atoms with E-state index in [1.807, 2.05) is 0 Å². The van der Waals surface area contributed by atoms with Gasteiger partial charge in [-0.3, -0.25) is 4.79 Å². The summed E-state index contributed by atoms with van der Waals surface area (Å²) in [5.41, 5.74) is 4.61. The molecule has 0 aromatic carbocycles. The summed E-state index contributed by atoms with van der Waals surface area (Å²) in [6, 6.07) is 0. The minimum absolute atomic E-state index is 0.0764. The molecule has 0 aliphatic carbocycles. The zero-order valence-electron chi connectivity index (χ0n) is 7.19. The van der Waals surface area contributed by atoms with Crippen LogP contribution in [0.1, 0.15) is 6.92 Å². The van der Waals surface area contributed by atoms with E-state index in [2.05, 4.69) is 23.0 Å². The molecular weight excluding hydrogens is 176 g/mol. The summed E-state index contributed by atoms with van der Waals surface area (Å²) in [6.07, 6.45) is 1.69. The highest BCUT2D eigenvalue weighted by atomic mass is 16.7. The van der Waals surface area contributed by atoms with Crippen molar-refractivity contribution in [3.63, 3.8) is 0 Å². The molecule has 13 heavy (non-hydrogen) atoms. The average molecular weight is 188 g/mol. The molecule has 0 radical (unpaired) electrons. The highest BCUT2D eigenvalue weighted by molar-refractivity contribution is 5.87. The Balaban J connectivity index is 0. The van der Waals surface area contributed by atoms with Gasteiger partial charge in [0.1, 0.15) is 0 Å². The van der Waals surface area contributed by atoms with Crippen molar-refractivity contribution in [3.05, 3.63) is 24.5 Å². The monoisotopic (exact) mass is 188 g/mol. The smallest absolute Gasteiger partial charge is 0.355 e. The third-order valence-electron chi connectivity index (χ3n) is 0.824. The minimum Gasteiger partial charge on any atom is -0.515 e.